The van der Waals surface area contributed by atoms with E-state index in [9.17, 15) is 13.2 Å². The third kappa shape index (κ3) is 5.36. The Labute approximate surface area is 94.3 Å². The minimum Gasteiger partial charge on any atom is -0.274 e. The first kappa shape index (κ1) is 13.9. The highest BCUT2D eigenvalue weighted by Crippen LogP contribution is 1.96. The van der Waals surface area contributed by atoms with Gasteiger partial charge in [0.05, 0.1) is 6.26 Å². The summed E-state index contributed by atoms with van der Waals surface area (Å²) in [7, 11) is -3.41. The van der Waals surface area contributed by atoms with Gasteiger partial charge in [-0.3, -0.25) is 10.2 Å². The SMILES string of the molecule is CS(=O)(=O)NNC(=O)c1ccccc1.Cl. The van der Waals surface area contributed by atoms with Crippen LogP contribution < -0.4 is 10.3 Å². The molecule has 1 aromatic carbocycles. The Morgan fingerprint density at radius 1 is 1.20 bits per heavy atom. The van der Waals surface area contributed by atoms with Gasteiger partial charge in [-0.2, -0.15) is 0 Å². The highest BCUT2D eigenvalue weighted by molar-refractivity contribution is 7.88. The summed E-state index contributed by atoms with van der Waals surface area (Å²) in [5.74, 6) is -0.490. The highest BCUT2D eigenvalue weighted by Gasteiger charge is 2.06. The van der Waals surface area contributed by atoms with E-state index >= 15 is 0 Å². The molecule has 0 aliphatic heterocycles. The molecule has 5 nitrogen and oxygen atoms in total. The zero-order valence-electron chi connectivity index (χ0n) is 7.93. The van der Waals surface area contributed by atoms with Crippen LogP contribution in [0.3, 0.4) is 0 Å². The smallest absolute Gasteiger partial charge is 0.266 e. The molecule has 2 N–H and O–H groups in total. The first-order chi connectivity index (χ1) is 6.49. The standard InChI is InChI=1S/C8H10N2O3S.ClH/c1-14(12,13)10-9-8(11)7-5-3-2-4-6-7;/h2-6,10H,1H3,(H,9,11);1H. The first-order valence-corrected chi connectivity index (χ1v) is 5.70. The quantitative estimate of drug-likeness (QED) is 0.758. The van der Waals surface area contributed by atoms with Gasteiger partial charge < -0.3 is 0 Å². The summed E-state index contributed by atoms with van der Waals surface area (Å²) in [6.07, 6.45) is 0.957. The maximum atomic E-state index is 11.3. The molecule has 1 rings (SSSR count). The normalized spacial score (nSPS) is 10.2. The van der Waals surface area contributed by atoms with Crippen LogP contribution in [0, 0.1) is 0 Å². The summed E-state index contributed by atoms with van der Waals surface area (Å²) in [5.41, 5.74) is 2.45. The number of sulfonamides is 1. The molecule has 0 atom stereocenters. The molecule has 0 radical (unpaired) electrons. The van der Waals surface area contributed by atoms with Gasteiger partial charge in [0, 0.05) is 5.56 Å². The lowest BCUT2D eigenvalue weighted by Crippen LogP contribution is -2.40. The van der Waals surface area contributed by atoms with E-state index in [2.05, 4.69) is 5.43 Å². The number of halogens is 1. The second kappa shape index (κ2) is 5.69. The third-order valence-corrected chi connectivity index (χ3v) is 1.86. The number of carbonyl (C=O) groups is 1. The summed E-state index contributed by atoms with van der Waals surface area (Å²) in [5, 5.41) is 0. The summed E-state index contributed by atoms with van der Waals surface area (Å²) < 4.78 is 21.3. The Bertz CT molecular complexity index is 419. The monoisotopic (exact) mass is 250 g/mol. The van der Waals surface area contributed by atoms with Crippen LogP contribution in [0.2, 0.25) is 0 Å². The second-order valence-corrected chi connectivity index (χ2v) is 4.44. The number of hydrazine groups is 1. The van der Waals surface area contributed by atoms with Crippen LogP contribution in [0.1, 0.15) is 10.4 Å². The molecule has 0 heterocycles. The zero-order chi connectivity index (χ0) is 10.6. The van der Waals surface area contributed by atoms with E-state index < -0.39 is 15.9 Å². The number of hydrogen-bond acceptors (Lipinski definition) is 3. The minimum atomic E-state index is -3.41. The van der Waals surface area contributed by atoms with E-state index in [1.165, 1.54) is 0 Å². The maximum Gasteiger partial charge on any atom is 0.266 e. The molecule has 1 aromatic rings. The molecule has 0 bridgehead atoms. The van der Waals surface area contributed by atoms with E-state index in [-0.39, 0.29) is 12.4 Å². The molecule has 0 fully saturated rings. The lowest BCUT2D eigenvalue weighted by Gasteiger charge is -2.04. The average molecular weight is 251 g/mol. The second-order valence-electron chi connectivity index (χ2n) is 2.69. The molecule has 1 amide bonds. The largest absolute Gasteiger partial charge is 0.274 e. The van der Waals surface area contributed by atoms with E-state index in [0.29, 0.717) is 5.56 Å². The van der Waals surface area contributed by atoms with Gasteiger partial charge in [-0.1, -0.05) is 18.2 Å². The topological polar surface area (TPSA) is 75.3 Å². The summed E-state index contributed by atoms with van der Waals surface area (Å²) in [6, 6.07) is 8.31. The van der Waals surface area contributed by atoms with Crippen molar-refractivity contribution in [2.45, 2.75) is 0 Å². The molecule has 7 heteroatoms. The van der Waals surface area contributed by atoms with Crippen LogP contribution in [0.5, 0.6) is 0 Å². The zero-order valence-corrected chi connectivity index (χ0v) is 9.56. The summed E-state index contributed by atoms with van der Waals surface area (Å²) in [4.78, 5) is 13.1. The lowest BCUT2D eigenvalue weighted by atomic mass is 10.2. The molecule has 0 aliphatic carbocycles. The van der Waals surface area contributed by atoms with Gasteiger partial charge in [0.25, 0.3) is 5.91 Å². The Morgan fingerprint density at radius 2 is 1.73 bits per heavy atom. The number of hydrogen-bond donors (Lipinski definition) is 2. The van der Waals surface area contributed by atoms with Crippen molar-refractivity contribution in [1.82, 2.24) is 10.3 Å². The van der Waals surface area contributed by atoms with Crippen LogP contribution in [0.25, 0.3) is 0 Å². The van der Waals surface area contributed by atoms with Gasteiger partial charge in [-0.25, -0.2) is 8.42 Å². The van der Waals surface area contributed by atoms with Crippen LogP contribution in [0.4, 0.5) is 0 Å². The van der Waals surface area contributed by atoms with Crippen molar-refractivity contribution in [2.24, 2.45) is 0 Å². The number of nitrogens with one attached hydrogen (secondary N) is 2. The van der Waals surface area contributed by atoms with Gasteiger partial charge in [0.15, 0.2) is 0 Å². The van der Waals surface area contributed by atoms with Gasteiger partial charge in [0.2, 0.25) is 10.0 Å². The van der Waals surface area contributed by atoms with E-state index in [1.54, 1.807) is 30.3 Å². The first-order valence-electron chi connectivity index (χ1n) is 3.81. The summed E-state index contributed by atoms with van der Waals surface area (Å²) >= 11 is 0. The summed E-state index contributed by atoms with van der Waals surface area (Å²) in [6.45, 7) is 0. The fourth-order valence-corrected chi connectivity index (χ4v) is 1.08. The van der Waals surface area contributed by atoms with Crippen molar-refractivity contribution in [3.8, 4) is 0 Å². The molecular weight excluding hydrogens is 240 g/mol. The Hall–Kier alpha value is -1.11. The molecule has 0 saturated carbocycles. The molecule has 15 heavy (non-hydrogen) atoms. The van der Waals surface area contributed by atoms with Crippen molar-refractivity contribution >= 4 is 28.3 Å². The van der Waals surface area contributed by atoms with Gasteiger partial charge in [-0.05, 0) is 12.1 Å². The van der Waals surface area contributed by atoms with Crippen LogP contribution in [0.15, 0.2) is 30.3 Å². The fourth-order valence-electron chi connectivity index (χ4n) is 0.801. The highest BCUT2D eigenvalue weighted by atomic mass is 35.5. The Balaban J connectivity index is 0.00000196. The third-order valence-electron chi connectivity index (χ3n) is 1.39. The lowest BCUT2D eigenvalue weighted by molar-refractivity contribution is 0.0945. The van der Waals surface area contributed by atoms with Crippen LogP contribution >= 0.6 is 12.4 Å². The molecule has 84 valence electrons. The van der Waals surface area contributed by atoms with Gasteiger partial charge >= 0.3 is 0 Å². The predicted octanol–water partition coefficient (Wildman–Crippen LogP) is 0.302. The van der Waals surface area contributed by atoms with Crippen molar-refractivity contribution in [1.29, 1.82) is 0 Å². The van der Waals surface area contributed by atoms with Crippen molar-refractivity contribution < 1.29 is 13.2 Å². The molecule has 0 saturated heterocycles. The Morgan fingerprint density at radius 3 is 2.20 bits per heavy atom. The van der Waals surface area contributed by atoms with Crippen LogP contribution in [-0.4, -0.2) is 20.6 Å². The van der Waals surface area contributed by atoms with Gasteiger partial charge in [0.1, 0.15) is 0 Å². The van der Waals surface area contributed by atoms with E-state index in [4.69, 9.17) is 0 Å². The molecule has 0 aliphatic rings. The van der Waals surface area contributed by atoms with Crippen molar-refractivity contribution in [3.05, 3.63) is 35.9 Å². The number of carbonyl (C=O) groups excluding carboxylic acids is 1. The number of benzene rings is 1. The van der Waals surface area contributed by atoms with E-state index in [0.717, 1.165) is 6.26 Å². The van der Waals surface area contributed by atoms with Crippen molar-refractivity contribution in [3.63, 3.8) is 0 Å². The average Bonchev–Trinajstić information content (AvgIpc) is 2.14. The molecular formula is C8H11ClN2O3S. The molecule has 0 aromatic heterocycles. The predicted molar refractivity (Wildman–Crippen MR) is 59.1 cm³/mol. The maximum absolute atomic E-state index is 11.3. The van der Waals surface area contributed by atoms with Crippen molar-refractivity contribution in [2.75, 3.05) is 6.26 Å². The Kier molecular flexibility index (Phi) is 5.27. The molecule has 0 unspecified atom stereocenters. The van der Waals surface area contributed by atoms with E-state index in [1.807, 2.05) is 4.83 Å². The fraction of sp³-hybridized carbons (Fsp3) is 0.125. The number of rotatable bonds is 3. The number of amides is 1. The van der Waals surface area contributed by atoms with Gasteiger partial charge in [-0.15, -0.1) is 17.2 Å². The minimum absolute atomic E-state index is 0. The molecule has 0 spiro atoms. The van der Waals surface area contributed by atoms with Crippen LogP contribution in [-0.2, 0) is 10.0 Å².